The molecule has 2 nitrogen and oxygen atoms in total. The average Bonchev–Trinajstić information content (AvgIpc) is 2.08. The summed E-state index contributed by atoms with van der Waals surface area (Å²) in [5.74, 6) is -0.318. The number of esters is 1. The van der Waals surface area contributed by atoms with Gasteiger partial charge in [0.1, 0.15) is 0 Å². The number of hydrogen-bond donors (Lipinski definition) is 0. The molecule has 0 amide bonds. The van der Waals surface area contributed by atoms with E-state index in [2.05, 4.69) is 6.58 Å². The van der Waals surface area contributed by atoms with Gasteiger partial charge in [-0.3, -0.25) is 0 Å². The Hall–Kier alpha value is 0.00688. The second-order valence-electron chi connectivity index (χ2n) is 3.80. The van der Waals surface area contributed by atoms with Crippen molar-refractivity contribution in [2.45, 2.75) is 36.6 Å². The Morgan fingerprint density at radius 3 is 2.47 bits per heavy atom. The van der Waals surface area contributed by atoms with Crippen molar-refractivity contribution < 1.29 is 9.53 Å². The van der Waals surface area contributed by atoms with Crippen LogP contribution in [0.2, 0.25) is 0 Å². The molecule has 0 saturated heterocycles. The van der Waals surface area contributed by atoms with E-state index in [1.807, 2.05) is 0 Å². The van der Waals surface area contributed by atoms with Gasteiger partial charge < -0.3 is 4.74 Å². The molecular weight excluding hydrogens is 251 g/mol. The number of unbranched alkanes of at least 4 members (excludes halogenated alkanes) is 2. The van der Waals surface area contributed by atoms with Crippen LogP contribution in [0, 0.1) is 0 Å². The van der Waals surface area contributed by atoms with Crippen molar-refractivity contribution in [3.63, 3.8) is 0 Å². The standard InChI is InChI=1S/C10H18Cl2O2Si/c1-8(2)9(13)14-7-5-3-4-6-10(11,12)15/h1,3-7H2,2,15H3. The van der Waals surface area contributed by atoms with Crippen LogP contribution in [-0.4, -0.2) is 26.8 Å². The third-order valence-corrected chi connectivity index (χ3v) is 2.72. The number of halogens is 2. The van der Waals surface area contributed by atoms with Crippen molar-refractivity contribution in [1.82, 2.24) is 0 Å². The van der Waals surface area contributed by atoms with Gasteiger partial charge in [0, 0.05) is 15.8 Å². The largest absolute Gasteiger partial charge is 0.462 e. The fraction of sp³-hybridized carbons (Fsp3) is 0.700. The van der Waals surface area contributed by atoms with Crippen molar-refractivity contribution >= 4 is 39.4 Å². The van der Waals surface area contributed by atoms with Crippen molar-refractivity contribution in [3.05, 3.63) is 12.2 Å². The first-order valence-corrected chi connectivity index (χ1v) is 6.79. The number of carbonyl (C=O) groups excluding carboxylic acids is 1. The van der Waals surface area contributed by atoms with E-state index in [-0.39, 0.29) is 5.97 Å². The lowest BCUT2D eigenvalue weighted by atomic mass is 10.2. The van der Waals surface area contributed by atoms with Crippen LogP contribution < -0.4 is 0 Å². The lowest BCUT2D eigenvalue weighted by Gasteiger charge is -2.12. The van der Waals surface area contributed by atoms with Crippen LogP contribution >= 0.6 is 23.2 Å². The molecule has 0 bridgehead atoms. The van der Waals surface area contributed by atoms with Crippen LogP contribution in [-0.2, 0) is 9.53 Å². The third-order valence-electron chi connectivity index (χ3n) is 1.84. The van der Waals surface area contributed by atoms with Gasteiger partial charge >= 0.3 is 5.97 Å². The van der Waals surface area contributed by atoms with Crippen molar-refractivity contribution in [3.8, 4) is 0 Å². The molecular formula is C10H18Cl2O2Si. The second kappa shape index (κ2) is 7.31. The van der Waals surface area contributed by atoms with Crippen LogP contribution in [0.15, 0.2) is 12.2 Å². The first-order valence-electron chi connectivity index (χ1n) is 5.03. The highest BCUT2D eigenvalue weighted by Crippen LogP contribution is 2.23. The highest BCUT2D eigenvalue weighted by atomic mass is 35.5. The van der Waals surface area contributed by atoms with Crippen molar-refractivity contribution in [2.24, 2.45) is 0 Å². The Morgan fingerprint density at radius 2 is 2.00 bits per heavy atom. The van der Waals surface area contributed by atoms with Crippen LogP contribution in [0.3, 0.4) is 0 Å². The van der Waals surface area contributed by atoms with E-state index in [0.29, 0.717) is 12.2 Å². The minimum atomic E-state index is -0.506. The number of alkyl halides is 2. The lowest BCUT2D eigenvalue weighted by molar-refractivity contribution is -0.139. The molecule has 0 aliphatic heterocycles. The van der Waals surface area contributed by atoms with Gasteiger partial charge in [0.05, 0.1) is 10.6 Å². The van der Waals surface area contributed by atoms with Crippen molar-refractivity contribution in [2.75, 3.05) is 6.61 Å². The summed E-state index contributed by atoms with van der Waals surface area (Å²) in [7, 11) is 0.776. The first kappa shape index (κ1) is 15.0. The topological polar surface area (TPSA) is 26.3 Å². The van der Waals surface area contributed by atoms with Crippen LogP contribution in [0.25, 0.3) is 0 Å². The Bertz CT molecular complexity index is 224. The quantitative estimate of drug-likeness (QED) is 0.233. The Morgan fingerprint density at radius 1 is 1.40 bits per heavy atom. The van der Waals surface area contributed by atoms with E-state index >= 15 is 0 Å². The second-order valence-corrected chi connectivity index (χ2v) is 8.63. The van der Waals surface area contributed by atoms with Crippen molar-refractivity contribution in [1.29, 1.82) is 0 Å². The van der Waals surface area contributed by atoms with Crippen LogP contribution in [0.4, 0.5) is 0 Å². The molecule has 0 aromatic rings. The van der Waals surface area contributed by atoms with Gasteiger partial charge in [0.15, 0.2) is 0 Å². The van der Waals surface area contributed by atoms with E-state index < -0.39 is 3.96 Å². The molecule has 0 aromatic carbocycles. The van der Waals surface area contributed by atoms with Gasteiger partial charge in [-0.25, -0.2) is 4.79 Å². The fourth-order valence-electron chi connectivity index (χ4n) is 1.00. The maximum atomic E-state index is 11.0. The molecule has 0 atom stereocenters. The predicted octanol–water partition coefficient (Wildman–Crippen LogP) is 2.16. The van der Waals surface area contributed by atoms with Gasteiger partial charge in [-0.2, -0.15) is 0 Å². The van der Waals surface area contributed by atoms with Gasteiger partial charge in [0.2, 0.25) is 0 Å². The molecule has 0 heterocycles. The molecule has 0 aliphatic rings. The molecule has 0 radical (unpaired) electrons. The fourth-order valence-corrected chi connectivity index (χ4v) is 1.62. The van der Waals surface area contributed by atoms with Gasteiger partial charge in [-0.15, -0.1) is 23.2 Å². The number of ether oxygens (including phenoxy) is 1. The zero-order chi connectivity index (χ0) is 11.9. The molecule has 0 saturated carbocycles. The van der Waals surface area contributed by atoms with Gasteiger partial charge in [0.25, 0.3) is 0 Å². The van der Waals surface area contributed by atoms with E-state index in [1.54, 1.807) is 6.92 Å². The zero-order valence-corrected chi connectivity index (χ0v) is 12.8. The number of carbonyl (C=O) groups is 1. The molecule has 0 spiro atoms. The normalized spacial score (nSPS) is 11.4. The summed E-state index contributed by atoms with van der Waals surface area (Å²) in [6, 6.07) is 0. The Labute approximate surface area is 104 Å². The van der Waals surface area contributed by atoms with E-state index in [1.165, 1.54) is 0 Å². The molecule has 0 rings (SSSR count). The highest BCUT2D eigenvalue weighted by Gasteiger charge is 2.14. The summed E-state index contributed by atoms with van der Waals surface area (Å²) >= 11 is 11.7. The van der Waals surface area contributed by atoms with Gasteiger partial charge in [-0.05, 0) is 26.2 Å². The SMILES string of the molecule is C=C(C)C(=O)OCCCCCC([SiH3])(Cl)Cl. The lowest BCUT2D eigenvalue weighted by Crippen LogP contribution is -2.11. The summed E-state index contributed by atoms with van der Waals surface area (Å²) in [5, 5.41) is 0. The van der Waals surface area contributed by atoms with E-state index in [9.17, 15) is 4.79 Å². The zero-order valence-electron chi connectivity index (χ0n) is 9.32. The smallest absolute Gasteiger partial charge is 0.333 e. The highest BCUT2D eigenvalue weighted by molar-refractivity contribution is 6.65. The molecule has 0 N–H and O–H groups in total. The van der Waals surface area contributed by atoms with Gasteiger partial charge in [-0.1, -0.05) is 13.0 Å². The summed E-state index contributed by atoms with van der Waals surface area (Å²) in [6.45, 7) is 5.58. The molecule has 5 heteroatoms. The number of hydrogen-bond acceptors (Lipinski definition) is 2. The summed E-state index contributed by atoms with van der Waals surface area (Å²) in [4.78, 5) is 11.0. The maximum Gasteiger partial charge on any atom is 0.333 e. The average molecular weight is 269 g/mol. The maximum absolute atomic E-state index is 11.0. The summed E-state index contributed by atoms with van der Waals surface area (Å²) in [5.41, 5.74) is 0.440. The monoisotopic (exact) mass is 268 g/mol. The summed E-state index contributed by atoms with van der Waals surface area (Å²) < 4.78 is 4.43. The predicted molar refractivity (Wildman–Crippen MR) is 68.6 cm³/mol. The van der Waals surface area contributed by atoms with E-state index in [4.69, 9.17) is 27.9 Å². The third kappa shape index (κ3) is 10.3. The Balaban J connectivity index is 3.33. The number of rotatable bonds is 7. The minimum absolute atomic E-state index is 0.318. The summed E-state index contributed by atoms with van der Waals surface area (Å²) in [6.07, 6.45) is 3.62. The molecule has 0 unspecified atom stereocenters. The van der Waals surface area contributed by atoms with E-state index in [0.717, 1.165) is 35.9 Å². The first-order chi connectivity index (χ1) is 6.83. The van der Waals surface area contributed by atoms with Crippen LogP contribution in [0.1, 0.15) is 32.6 Å². The Kier molecular flexibility index (Phi) is 7.31. The van der Waals surface area contributed by atoms with Crippen LogP contribution in [0.5, 0.6) is 0 Å². The minimum Gasteiger partial charge on any atom is -0.462 e. The molecule has 88 valence electrons. The molecule has 0 aliphatic carbocycles. The molecule has 0 aromatic heterocycles. The molecule has 0 fully saturated rings. The molecule has 15 heavy (non-hydrogen) atoms.